The summed E-state index contributed by atoms with van der Waals surface area (Å²) in [4.78, 5) is 0. The first-order chi connectivity index (χ1) is 7.90. The van der Waals surface area contributed by atoms with Crippen LogP contribution >= 0.6 is 0 Å². The molecule has 1 aliphatic carbocycles. The smallest absolute Gasteiger partial charge is 0.0287 e. The molecule has 1 atom stereocenters. The molecule has 1 N–H and O–H groups in total. The van der Waals surface area contributed by atoms with Crippen LogP contribution in [0.5, 0.6) is 0 Å². The van der Waals surface area contributed by atoms with E-state index >= 15 is 0 Å². The summed E-state index contributed by atoms with van der Waals surface area (Å²) in [6, 6.07) is 0.567. The van der Waals surface area contributed by atoms with E-state index in [2.05, 4.69) is 48.5 Å². The maximum Gasteiger partial charge on any atom is 0.0287 e. The summed E-state index contributed by atoms with van der Waals surface area (Å²) in [5.41, 5.74) is 5.60. The van der Waals surface area contributed by atoms with E-state index in [9.17, 15) is 0 Å². The van der Waals surface area contributed by atoms with Crippen molar-refractivity contribution in [2.75, 3.05) is 0 Å². The van der Waals surface area contributed by atoms with Gasteiger partial charge in [0.2, 0.25) is 0 Å². The highest BCUT2D eigenvalue weighted by molar-refractivity contribution is 5.49. The summed E-state index contributed by atoms with van der Waals surface area (Å²) in [6.07, 6.45) is 18.9. The number of nitrogens with one attached hydrogen (secondary N) is 1. The Balaban J connectivity index is 2.18. The van der Waals surface area contributed by atoms with Crippen LogP contribution in [0, 0.1) is 0 Å². The predicted molar refractivity (Wildman–Crippen MR) is 68.9 cm³/mol. The van der Waals surface area contributed by atoms with Crippen LogP contribution in [0.4, 0.5) is 0 Å². The average molecular weight is 211 g/mol. The average Bonchev–Trinajstić information content (AvgIpc) is 2.71. The fourth-order valence-corrected chi connectivity index (χ4v) is 1.83. The second-order valence-electron chi connectivity index (χ2n) is 3.98. The highest BCUT2D eigenvalue weighted by Crippen LogP contribution is 2.18. The molecule has 82 valence electrons. The normalized spacial score (nSPS) is 23.2. The van der Waals surface area contributed by atoms with Crippen molar-refractivity contribution >= 4 is 0 Å². The molecule has 0 radical (unpaired) electrons. The molecule has 1 nitrogen and oxygen atoms in total. The largest absolute Gasteiger partial charge is 0.388 e. The second kappa shape index (κ2) is 5.39. The van der Waals surface area contributed by atoms with Crippen molar-refractivity contribution in [1.29, 1.82) is 0 Å². The van der Waals surface area contributed by atoms with E-state index in [1.165, 1.54) is 11.1 Å². The van der Waals surface area contributed by atoms with Crippen LogP contribution < -0.4 is 5.32 Å². The topological polar surface area (TPSA) is 12.0 Å². The van der Waals surface area contributed by atoms with Crippen LogP contribution in [0.15, 0.2) is 65.6 Å². The Labute approximate surface area is 97.2 Å². The number of rotatable bonds is 2. The van der Waals surface area contributed by atoms with Crippen molar-refractivity contribution in [2.24, 2.45) is 0 Å². The minimum Gasteiger partial charge on any atom is -0.388 e. The second-order valence-corrected chi connectivity index (χ2v) is 3.98. The van der Waals surface area contributed by atoms with Crippen molar-refractivity contribution < 1.29 is 0 Å². The summed E-state index contributed by atoms with van der Waals surface area (Å²) >= 11 is 0. The van der Waals surface area contributed by atoms with Crippen LogP contribution in [0.1, 0.15) is 19.8 Å². The van der Waals surface area contributed by atoms with Gasteiger partial charge in [0.05, 0.1) is 0 Å². The lowest BCUT2D eigenvalue weighted by molar-refractivity contribution is 0.578. The zero-order chi connectivity index (χ0) is 11.2. The predicted octanol–water partition coefficient (Wildman–Crippen LogP) is 3.41. The molecule has 0 amide bonds. The molecule has 0 spiro atoms. The van der Waals surface area contributed by atoms with Gasteiger partial charge in [0.1, 0.15) is 0 Å². The van der Waals surface area contributed by atoms with Gasteiger partial charge in [-0.2, -0.15) is 0 Å². The van der Waals surface area contributed by atoms with Crippen molar-refractivity contribution in [3.63, 3.8) is 0 Å². The summed E-state index contributed by atoms with van der Waals surface area (Å²) < 4.78 is 0. The molecule has 0 saturated heterocycles. The SMILES string of the molecule is CCC1CC=C(C2=CC=C=CC=C2)C=CN1. The summed E-state index contributed by atoms with van der Waals surface area (Å²) in [5.74, 6) is 0. The third-order valence-corrected chi connectivity index (χ3v) is 2.87. The van der Waals surface area contributed by atoms with Crippen LogP contribution in [0.25, 0.3) is 0 Å². The molecular formula is C15H17N. The zero-order valence-electron chi connectivity index (χ0n) is 9.61. The van der Waals surface area contributed by atoms with Gasteiger partial charge in [-0.15, -0.1) is 5.73 Å². The maximum atomic E-state index is 3.40. The summed E-state index contributed by atoms with van der Waals surface area (Å²) in [6.45, 7) is 2.21. The molecule has 1 heteroatoms. The van der Waals surface area contributed by atoms with Gasteiger partial charge >= 0.3 is 0 Å². The van der Waals surface area contributed by atoms with Gasteiger partial charge in [0.25, 0.3) is 0 Å². The van der Waals surface area contributed by atoms with Gasteiger partial charge in [0.15, 0.2) is 0 Å². The number of hydrogen-bond acceptors (Lipinski definition) is 1. The van der Waals surface area contributed by atoms with E-state index in [-0.39, 0.29) is 0 Å². The quantitative estimate of drug-likeness (QED) is 0.690. The molecule has 1 heterocycles. The first-order valence-electron chi connectivity index (χ1n) is 5.82. The van der Waals surface area contributed by atoms with E-state index < -0.39 is 0 Å². The summed E-state index contributed by atoms with van der Waals surface area (Å²) in [5, 5.41) is 3.40. The highest BCUT2D eigenvalue weighted by atomic mass is 14.9. The summed E-state index contributed by atoms with van der Waals surface area (Å²) in [7, 11) is 0. The van der Waals surface area contributed by atoms with Crippen LogP contribution in [0.3, 0.4) is 0 Å². The molecule has 0 aromatic heterocycles. The van der Waals surface area contributed by atoms with Gasteiger partial charge in [-0.3, -0.25) is 0 Å². The van der Waals surface area contributed by atoms with Crippen LogP contribution in [-0.4, -0.2) is 6.04 Å². The molecule has 1 aliphatic heterocycles. The lowest BCUT2D eigenvalue weighted by Gasteiger charge is -2.10. The van der Waals surface area contributed by atoms with Crippen LogP contribution in [0.2, 0.25) is 0 Å². The van der Waals surface area contributed by atoms with Gasteiger partial charge in [-0.1, -0.05) is 25.2 Å². The van der Waals surface area contributed by atoms with E-state index in [0.29, 0.717) is 6.04 Å². The van der Waals surface area contributed by atoms with Gasteiger partial charge in [-0.05, 0) is 54.5 Å². The number of allylic oxidation sites excluding steroid dienone is 7. The Kier molecular flexibility index (Phi) is 3.63. The molecule has 0 fully saturated rings. The van der Waals surface area contributed by atoms with Gasteiger partial charge < -0.3 is 5.32 Å². The lowest BCUT2D eigenvalue weighted by atomic mass is 10.0. The third kappa shape index (κ3) is 2.65. The molecule has 2 rings (SSSR count). The molecule has 2 aliphatic rings. The Morgan fingerprint density at radius 2 is 2.25 bits per heavy atom. The van der Waals surface area contributed by atoms with E-state index in [1.807, 2.05) is 18.2 Å². The molecule has 0 saturated carbocycles. The first kappa shape index (κ1) is 10.8. The molecule has 16 heavy (non-hydrogen) atoms. The fraction of sp³-hybridized carbons (Fsp3) is 0.267. The Hall–Kier alpha value is -1.72. The maximum absolute atomic E-state index is 3.40. The molecule has 1 unspecified atom stereocenters. The Bertz CT molecular complexity index is 426. The highest BCUT2D eigenvalue weighted by Gasteiger charge is 2.06. The van der Waals surface area contributed by atoms with Crippen molar-refractivity contribution in [3.05, 3.63) is 65.6 Å². The number of hydrogen-bond donors (Lipinski definition) is 1. The van der Waals surface area contributed by atoms with E-state index in [4.69, 9.17) is 0 Å². The monoisotopic (exact) mass is 211 g/mol. The standard InChI is InChI=1S/C15H17N/c1-2-15-10-9-14(11-12-16-15)13-7-5-3-4-6-8-13/h3,5-9,11-12,15-16H,2,10H2,1H3. The first-order valence-corrected chi connectivity index (χ1v) is 5.82. The fourth-order valence-electron chi connectivity index (χ4n) is 1.83. The Morgan fingerprint density at radius 1 is 1.31 bits per heavy atom. The van der Waals surface area contributed by atoms with Crippen LogP contribution in [-0.2, 0) is 0 Å². The minimum absolute atomic E-state index is 0.567. The molecule has 0 aromatic rings. The van der Waals surface area contributed by atoms with Crippen molar-refractivity contribution in [1.82, 2.24) is 5.32 Å². The Morgan fingerprint density at radius 3 is 3.12 bits per heavy atom. The van der Waals surface area contributed by atoms with Gasteiger partial charge in [-0.25, -0.2) is 0 Å². The van der Waals surface area contributed by atoms with E-state index in [0.717, 1.165) is 12.8 Å². The zero-order valence-corrected chi connectivity index (χ0v) is 9.61. The third-order valence-electron chi connectivity index (χ3n) is 2.87. The lowest BCUT2D eigenvalue weighted by Crippen LogP contribution is -2.21. The minimum atomic E-state index is 0.567. The van der Waals surface area contributed by atoms with Crippen molar-refractivity contribution in [2.45, 2.75) is 25.8 Å². The molecular weight excluding hydrogens is 194 g/mol. The molecule has 0 bridgehead atoms. The van der Waals surface area contributed by atoms with Crippen molar-refractivity contribution in [3.8, 4) is 0 Å². The molecule has 0 aromatic carbocycles. The van der Waals surface area contributed by atoms with Gasteiger partial charge in [0, 0.05) is 6.04 Å². The van der Waals surface area contributed by atoms with E-state index in [1.54, 1.807) is 0 Å².